The van der Waals surface area contributed by atoms with Gasteiger partial charge in [-0.05, 0) is 21.0 Å². The number of carbonyl (C=O) groups excluding carboxylic acids is 1. The molecule has 3 atom stereocenters. The molecule has 4 rings (SSSR count). The highest BCUT2D eigenvalue weighted by Gasteiger charge is 2.51. The molecule has 1 aliphatic heterocycles. The average Bonchev–Trinajstić information content (AvgIpc) is 2.92. The predicted molar refractivity (Wildman–Crippen MR) is 161 cm³/mol. The number of ether oxygens (including phenoxy) is 2. The molecule has 1 aliphatic rings. The molecule has 0 aromatic heterocycles. The van der Waals surface area contributed by atoms with Crippen LogP contribution < -0.4 is 10.4 Å². The van der Waals surface area contributed by atoms with Crippen LogP contribution in [0.2, 0.25) is 5.04 Å². The highest BCUT2D eigenvalue weighted by molar-refractivity contribution is 6.99. The molecule has 4 nitrogen and oxygen atoms in total. The van der Waals surface area contributed by atoms with Crippen LogP contribution >= 0.6 is 0 Å². The van der Waals surface area contributed by atoms with E-state index in [1.165, 1.54) is 10.4 Å². The molecule has 3 aromatic carbocycles. The summed E-state index contributed by atoms with van der Waals surface area (Å²) in [6, 6.07) is 31.5. The molecule has 0 unspecified atom stereocenters. The van der Waals surface area contributed by atoms with Crippen LogP contribution in [0, 0.1) is 11.3 Å². The summed E-state index contributed by atoms with van der Waals surface area (Å²) < 4.78 is 20.0. The van der Waals surface area contributed by atoms with Crippen molar-refractivity contribution >= 4 is 24.5 Å². The highest BCUT2D eigenvalue weighted by atomic mass is 28.4. The average molecular weight is 545 g/mol. The van der Waals surface area contributed by atoms with E-state index in [2.05, 4.69) is 93.6 Å². The molecule has 0 spiro atoms. The van der Waals surface area contributed by atoms with E-state index in [9.17, 15) is 4.79 Å². The van der Waals surface area contributed by atoms with E-state index in [-0.39, 0.29) is 28.9 Å². The summed E-state index contributed by atoms with van der Waals surface area (Å²) in [5.74, 6) is -0.107. The molecule has 208 valence electrons. The number of benzene rings is 3. The zero-order valence-corrected chi connectivity index (χ0v) is 25.4. The van der Waals surface area contributed by atoms with Crippen LogP contribution in [0.1, 0.15) is 53.5 Å². The molecule has 1 saturated heterocycles. The summed E-state index contributed by atoms with van der Waals surface area (Å²) >= 11 is 0. The molecule has 0 N–H and O–H groups in total. The van der Waals surface area contributed by atoms with Gasteiger partial charge >= 0.3 is 0 Å². The fraction of sp³-hybridized carbons (Fsp3) is 0.441. The molecule has 39 heavy (non-hydrogen) atoms. The van der Waals surface area contributed by atoms with Crippen molar-refractivity contribution in [3.05, 3.63) is 96.6 Å². The monoisotopic (exact) mass is 544 g/mol. The van der Waals surface area contributed by atoms with Crippen LogP contribution in [-0.4, -0.2) is 39.5 Å². The Morgan fingerprint density at radius 3 is 1.82 bits per heavy atom. The Morgan fingerprint density at radius 2 is 1.33 bits per heavy atom. The third-order valence-corrected chi connectivity index (χ3v) is 12.7. The van der Waals surface area contributed by atoms with Gasteiger partial charge in [0, 0.05) is 11.8 Å². The molecule has 0 radical (unpaired) electrons. The lowest BCUT2D eigenvalue weighted by molar-refractivity contribution is -0.157. The van der Waals surface area contributed by atoms with Crippen molar-refractivity contribution in [3.63, 3.8) is 0 Å². The normalized spacial score (nSPS) is 20.5. The van der Waals surface area contributed by atoms with Gasteiger partial charge in [-0.2, -0.15) is 0 Å². The Bertz CT molecular complexity index is 1140. The molecule has 0 saturated carbocycles. The number of hydrogen-bond acceptors (Lipinski definition) is 4. The van der Waals surface area contributed by atoms with Crippen molar-refractivity contribution in [2.75, 3.05) is 13.2 Å². The third kappa shape index (κ3) is 6.78. The Kier molecular flexibility index (Phi) is 9.28. The first-order valence-corrected chi connectivity index (χ1v) is 16.0. The molecule has 1 fully saturated rings. The second-order valence-corrected chi connectivity index (χ2v) is 17.0. The largest absolute Gasteiger partial charge is 0.405 e. The molecular weight excluding hydrogens is 500 g/mol. The van der Waals surface area contributed by atoms with Crippen LogP contribution in [0.3, 0.4) is 0 Å². The van der Waals surface area contributed by atoms with Crippen LogP contribution in [0.15, 0.2) is 91.0 Å². The minimum absolute atomic E-state index is 0.113. The van der Waals surface area contributed by atoms with Gasteiger partial charge < -0.3 is 13.9 Å². The smallest absolute Gasteiger partial charge is 0.261 e. The molecule has 0 amide bonds. The first-order chi connectivity index (χ1) is 18.5. The summed E-state index contributed by atoms with van der Waals surface area (Å²) in [6.45, 7) is 14.0. The van der Waals surface area contributed by atoms with Crippen LogP contribution in [-0.2, 0) is 25.3 Å². The van der Waals surface area contributed by atoms with Crippen molar-refractivity contribution in [1.29, 1.82) is 0 Å². The summed E-state index contributed by atoms with van der Waals surface area (Å²) in [5.41, 5.74) is 0.645. The summed E-state index contributed by atoms with van der Waals surface area (Å²) in [6.07, 6.45) is 0.243. The highest BCUT2D eigenvalue weighted by Crippen LogP contribution is 2.38. The second kappa shape index (κ2) is 12.3. The van der Waals surface area contributed by atoms with Crippen LogP contribution in [0.4, 0.5) is 0 Å². The number of rotatable bonds is 9. The Morgan fingerprint density at radius 1 is 0.821 bits per heavy atom. The van der Waals surface area contributed by atoms with E-state index in [1.54, 1.807) is 0 Å². The Hall–Kier alpha value is -2.57. The Balaban J connectivity index is 1.59. The Labute approximate surface area is 235 Å². The van der Waals surface area contributed by atoms with Gasteiger partial charge in [-0.1, -0.05) is 133 Å². The zero-order chi connectivity index (χ0) is 28.1. The van der Waals surface area contributed by atoms with Gasteiger partial charge in [-0.15, -0.1) is 0 Å². The fourth-order valence-corrected chi connectivity index (χ4v) is 10.3. The lowest BCUT2D eigenvalue weighted by Gasteiger charge is -2.44. The first-order valence-electron chi connectivity index (χ1n) is 14.1. The van der Waals surface area contributed by atoms with Crippen molar-refractivity contribution in [1.82, 2.24) is 0 Å². The molecule has 0 bridgehead atoms. The van der Waals surface area contributed by atoms with E-state index in [0.29, 0.717) is 26.2 Å². The van der Waals surface area contributed by atoms with Gasteiger partial charge in [0.05, 0.1) is 37.9 Å². The van der Waals surface area contributed by atoms with Gasteiger partial charge in [0.2, 0.25) is 0 Å². The molecule has 1 heterocycles. The van der Waals surface area contributed by atoms with Crippen molar-refractivity contribution in [2.45, 2.75) is 71.8 Å². The molecular formula is C34H44O4Si. The molecule has 0 aliphatic carbocycles. The fourth-order valence-electron chi connectivity index (χ4n) is 5.70. The van der Waals surface area contributed by atoms with E-state index >= 15 is 0 Å². The summed E-state index contributed by atoms with van der Waals surface area (Å²) in [5, 5.41) is 2.38. The van der Waals surface area contributed by atoms with Crippen molar-refractivity contribution in [2.24, 2.45) is 11.3 Å². The number of carbonyl (C=O) groups is 1. The van der Waals surface area contributed by atoms with Crippen LogP contribution in [0.25, 0.3) is 0 Å². The zero-order valence-electron chi connectivity index (χ0n) is 24.4. The lowest BCUT2D eigenvalue weighted by Crippen LogP contribution is -2.67. The van der Waals surface area contributed by atoms with Gasteiger partial charge in [0.1, 0.15) is 5.78 Å². The number of hydrogen-bond donors (Lipinski definition) is 0. The maximum absolute atomic E-state index is 13.4. The van der Waals surface area contributed by atoms with Gasteiger partial charge in [-0.25, -0.2) is 0 Å². The number of ketones is 1. The van der Waals surface area contributed by atoms with E-state index in [4.69, 9.17) is 13.9 Å². The first kappa shape index (κ1) is 29.4. The molecule has 5 heteroatoms. The van der Waals surface area contributed by atoms with Crippen LogP contribution in [0.5, 0.6) is 0 Å². The molecule has 3 aromatic rings. The minimum Gasteiger partial charge on any atom is -0.405 e. The number of Topliss-reactive ketones (excluding diaryl/α,β-unsaturated/α-hetero) is 1. The minimum atomic E-state index is -2.68. The summed E-state index contributed by atoms with van der Waals surface area (Å²) in [7, 11) is -2.68. The summed E-state index contributed by atoms with van der Waals surface area (Å²) in [4.78, 5) is 13.4. The lowest BCUT2D eigenvalue weighted by atomic mass is 9.79. The van der Waals surface area contributed by atoms with Gasteiger partial charge in [0.15, 0.2) is 0 Å². The van der Waals surface area contributed by atoms with E-state index in [0.717, 1.165) is 5.56 Å². The van der Waals surface area contributed by atoms with Gasteiger partial charge in [-0.3, -0.25) is 4.79 Å². The maximum atomic E-state index is 13.4. The van der Waals surface area contributed by atoms with E-state index < -0.39 is 13.7 Å². The SMILES string of the molecule is CC(C)(C)C(=O)[C@H]1CO[C@H](CO[Si](c2ccccc2)(c2ccccc2)C(C)(C)C)C[C@H]1OCc1ccccc1. The topological polar surface area (TPSA) is 44.8 Å². The standard InChI is InChI=1S/C34H44O4Si/c1-33(2,3)32(35)30-25-36-27(22-31(30)37-23-26-16-10-7-11-17-26)24-38-39(34(4,5)6,28-18-12-8-13-19-28)29-20-14-9-15-21-29/h7-21,27,30-31H,22-25H2,1-6H3/t27-,30-,31+/m0/s1. The maximum Gasteiger partial charge on any atom is 0.261 e. The second-order valence-electron chi connectivity index (χ2n) is 12.7. The van der Waals surface area contributed by atoms with Crippen molar-refractivity contribution in [3.8, 4) is 0 Å². The third-order valence-electron chi connectivity index (χ3n) is 7.74. The predicted octanol–water partition coefficient (Wildman–Crippen LogP) is 6.17. The van der Waals surface area contributed by atoms with Gasteiger partial charge in [0.25, 0.3) is 8.32 Å². The van der Waals surface area contributed by atoms with Crippen molar-refractivity contribution < 1.29 is 18.7 Å². The quantitative estimate of drug-likeness (QED) is 0.302. The van der Waals surface area contributed by atoms with E-state index in [1.807, 2.05) is 39.0 Å².